The zero-order valence-corrected chi connectivity index (χ0v) is 24.1. The molecule has 0 aliphatic rings. The smallest absolute Gasteiger partial charge is 0.264 e. The number of aryl methyl sites for hydroxylation is 2. The number of rotatable bonds is 10. The minimum atomic E-state index is -4.13. The summed E-state index contributed by atoms with van der Waals surface area (Å²) in [4.78, 5) is 28.1. The number of anilines is 1. The third-order valence-electron chi connectivity index (χ3n) is 6.23. The fourth-order valence-electron chi connectivity index (χ4n) is 4.02. The molecule has 1 N–H and O–H groups in total. The number of nitrogens with one attached hydrogen (secondary N) is 1. The Hall–Kier alpha value is -3.07. The molecule has 3 aromatic carbocycles. The summed E-state index contributed by atoms with van der Waals surface area (Å²) >= 11 is 12.8. The molecule has 0 aromatic heterocycles. The van der Waals surface area contributed by atoms with Crippen molar-refractivity contribution < 1.29 is 18.0 Å². The molecule has 0 bridgehead atoms. The fourth-order valence-corrected chi connectivity index (χ4v) is 5.95. The van der Waals surface area contributed by atoms with Crippen LogP contribution in [0.25, 0.3) is 0 Å². The predicted molar refractivity (Wildman–Crippen MR) is 152 cm³/mol. The molecule has 1 atom stereocenters. The zero-order valence-electron chi connectivity index (χ0n) is 21.7. The summed E-state index contributed by atoms with van der Waals surface area (Å²) in [5.74, 6) is -0.958. The Kier molecular flexibility index (Phi) is 9.82. The van der Waals surface area contributed by atoms with Crippen LogP contribution in [0.1, 0.15) is 30.0 Å². The van der Waals surface area contributed by atoms with Crippen molar-refractivity contribution in [1.29, 1.82) is 0 Å². The molecule has 0 heterocycles. The van der Waals surface area contributed by atoms with Gasteiger partial charge < -0.3 is 10.2 Å². The second-order valence-corrected chi connectivity index (χ2v) is 11.6. The monoisotopic (exact) mass is 575 g/mol. The minimum Gasteiger partial charge on any atom is -0.357 e. The molecule has 0 aliphatic heterocycles. The number of likely N-dealkylation sites (N-methyl/N-ethyl adjacent to an activating group) is 1. The highest BCUT2D eigenvalue weighted by Gasteiger charge is 2.34. The molecular weight excluding hydrogens is 545 g/mol. The van der Waals surface area contributed by atoms with Gasteiger partial charge in [0.05, 0.1) is 10.6 Å². The summed E-state index contributed by atoms with van der Waals surface area (Å²) in [6.45, 7) is 4.91. The number of nitrogens with zero attached hydrogens (tertiary/aromatic N) is 2. The number of amides is 2. The maximum absolute atomic E-state index is 13.9. The van der Waals surface area contributed by atoms with E-state index in [9.17, 15) is 18.0 Å². The summed E-state index contributed by atoms with van der Waals surface area (Å²) < 4.78 is 28.7. The van der Waals surface area contributed by atoms with Crippen molar-refractivity contribution in [3.05, 3.63) is 93.5 Å². The first-order valence-electron chi connectivity index (χ1n) is 12.1. The molecule has 202 valence electrons. The van der Waals surface area contributed by atoms with Gasteiger partial charge >= 0.3 is 0 Å². The highest BCUT2D eigenvalue weighted by atomic mass is 35.5. The summed E-state index contributed by atoms with van der Waals surface area (Å²) in [6.07, 6.45) is 0.294. The molecule has 0 spiro atoms. The van der Waals surface area contributed by atoms with Crippen LogP contribution in [0.3, 0.4) is 0 Å². The predicted octanol–water partition coefficient (Wildman–Crippen LogP) is 5.36. The molecule has 0 unspecified atom stereocenters. The summed E-state index contributed by atoms with van der Waals surface area (Å²) in [6, 6.07) is 17.4. The first kappa shape index (κ1) is 29.5. The zero-order chi connectivity index (χ0) is 28.0. The van der Waals surface area contributed by atoms with Gasteiger partial charge in [-0.25, -0.2) is 8.42 Å². The van der Waals surface area contributed by atoms with Crippen LogP contribution in [0.5, 0.6) is 0 Å². The maximum Gasteiger partial charge on any atom is 0.264 e. The topological polar surface area (TPSA) is 86.8 Å². The van der Waals surface area contributed by atoms with Gasteiger partial charge in [-0.1, -0.05) is 71.6 Å². The summed E-state index contributed by atoms with van der Waals surface area (Å²) in [5.41, 5.74) is 2.64. The van der Waals surface area contributed by atoms with Crippen molar-refractivity contribution in [2.75, 3.05) is 17.9 Å². The van der Waals surface area contributed by atoms with Crippen LogP contribution in [-0.2, 0) is 26.2 Å². The van der Waals surface area contributed by atoms with Gasteiger partial charge in [0, 0.05) is 29.2 Å². The van der Waals surface area contributed by atoms with Gasteiger partial charge in [-0.15, -0.1) is 0 Å². The van der Waals surface area contributed by atoms with E-state index in [0.717, 1.165) is 15.4 Å². The summed E-state index contributed by atoms with van der Waals surface area (Å²) in [7, 11) is -2.64. The van der Waals surface area contributed by atoms with Gasteiger partial charge in [-0.3, -0.25) is 13.9 Å². The number of hydrogen-bond donors (Lipinski definition) is 1. The van der Waals surface area contributed by atoms with Crippen LogP contribution in [-0.4, -0.2) is 44.8 Å². The van der Waals surface area contributed by atoms with E-state index >= 15 is 0 Å². The van der Waals surface area contributed by atoms with Crippen LogP contribution >= 0.6 is 23.2 Å². The van der Waals surface area contributed by atoms with Crippen molar-refractivity contribution in [2.45, 2.75) is 44.7 Å². The molecule has 3 rings (SSSR count). The second-order valence-electron chi connectivity index (χ2n) is 8.92. The Labute approximate surface area is 234 Å². The Morgan fingerprint density at radius 3 is 1.92 bits per heavy atom. The molecule has 3 aromatic rings. The van der Waals surface area contributed by atoms with E-state index in [0.29, 0.717) is 27.7 Å². The van der Waals surface area contributed by atoms with E-state index in [1.807, 2.05) is 13.8 Å². The molecule has 7 nitrogen and oxygen atoms in total. The van der Waals surface area contributed by atoms with Crippen LogP contribution in [0.15, 0.2) is 71.6 Å². The van der Waals surface area contributed by atoms with E-state index < -0.39 is 28.5 Å². The van der Waals surface area contributed by atoms with Gasteiger partial charge in [-0.2, -0.15) is 0 Å². The van der Waals surface area contributed by atoms with E-state index in [4.69, 9.17) is 23.2 Å². The van der Waals surface area contributed by atoms with Crippen LogP contribution in [0.4, 0.5) is 5.69 Å². The largest absolute Gasteiger partial charge is 0.357 e. The van der Waals surface area contributed by atoms with Crippen molar-refractivity contribution in [3.63, 3.8) is 0 Å². The Bertz CT molecular complexity index is 1370. The first-order chi connectivity index (χ1) is 18.0. The highest BCUT2D eigenvalue weighted by molar-refractivity contribution is 7.92. The molecule has 38 heavy (non-hydrogen) atoms. The third kappa shape index (κ3) is 6.67. The highest BCUT2D eigenvalue weighted by Crippen LogP contribution is 2.29. The number of carbonyl (C=O) groups excluding carboxylic acids is 2. The Morgan fingerprint density at radius 1 is 0.895 bits per heavy atom. The van der Waals surface area contributed by atoms with Crippen LogP contribution in [0.2, 0.25) is 10.0 Å². The molecule has 10 heteroatoms. The molecule has 0 saturated carbocycles. The van der Waals surface area contributed by atoms with Gasteiger partial charge in [0.25, 0.3) is 10.0 Å². The minimum absolute atomic E-state index is 0.0514. The third-order valence-corrected chi connectivity index (χ3v) is 8.73. The molecule has 2 amide bonds. The van der Waals surface area contributed by atoms with E-state index in [1.54, 1.807) is 61.5 Å². The lowest BCUT2D eigenvalue weighted by atomic mass is 10.1. The lowest BCUT2D eigenvalue weighted by molar-refractivity contribution is -0.140. The molecule has 0 fully saturated rings. The van der Waals surface area contributed by atoms with Crippen LogP contribution < -0.4 is 9.62 Å². The van der Waals surface area contributed by atoms with Gasteiger partial charge in [0.15, 0.2) is 0 Å². The quantitative estimate of drug-likeness (QED) is 0.352. The second kappa shape index (κ2) is 12.7. The average molecular weight is 577 g/mol. The van der Waals surface area contributed by atoms with E-state index in [-0.39, 0.29) is 17.3 Å². The SMILES string of the molecule is CC[C@H](C(=O)NC)N(Cc1c(Cl)cccc1Cl)C(=O)CN(c1ccc(C)cc1)S(=O)(=O)c1ccc(C)cc1. The average Bonchev–Trinajstić information content (AvgIpc) is 2.89. The fraction of sp³-hybridized carbons (Fsp3) is 0.286. The van der Waals surface area contributed by atoms with Gasteiger partial charge in [-0.05, 0) is 56.7 Å². The van der Waals surface area contributed by atoms with Crippen molar-refractivity contribution in [3.8, 4) is 0 Å². The molecular formula is C28H31Cl2N3O4S. The molecule has 0 radical (unpaired) electrons. The van der Waals surface area contributed by atoms with Crippen molar-refractivity contribution in [2.24, 2.45) is 0 Å². The van der Waals surface area contributed by atoms with Crippen molar-refractivity contribution >= 4 is 50.7 Å². The number of carbonyl (C=O) groups is 2. The van der Waals surface area contributed by atoms with Gasteiger partial charge in [0.2, 0.25) is 11.8 Å². The van der Waals surface area contributed by atoms with Crippen molar-refractivity contribution in [1.82, 2.24) is 10.2 Å². The lowest BCUT2D eigenvalue weighted by Crippen LogP contribution is -2.51. The Morgan fingerprint density at radius 2 is 1.42 bits per heavy atom. The van der Waals surface area contributed by atoms with E-state index in [2.05, 4.69) is 5.32 Å². The normalized spacial score (nSPS) is 12.1. The maximum atomic E-state index is 13.9. The van der Waals surface area contributed by atoms with E-state index in [1.165, 1.54) is 24.1 Å². The number of halogens is 2. The van der Waals surface area contributed by atoms with Gasteiger partial charge in [0.1, 0.15) is 12.6 Å². The molecule has 0 aliphatic carbocycles. The number of sulfonamides is 1. The molecule has 0 saturated heterocycles. The summed E-state index contributed by atoms with van der Waals surface area (Å²) in [5, 5.41) is 3.26. The first-order valence-corrected chi connectivity index (χ1v) is 14.3. The number of benzene rings is 3. The van der Waals surface area contributed by atoms with Crippen LogP contribution in [0, 0.1) is 13.8 Å². The standard InChI is InChI=1S/C28H31Cl2N3O4S/c1-5-26(28(35)31-4)32(17-23-24(29)7-6-8-25(23)30)27(34)18-33(21-13-9-19(2)10-14-21)38(36,37)22-15-11-20(3)12-16-22/h6-16,26H,5,17-18H2,1-4H3,(H,31,35)/t26-/m1/s1. The number of hydrogen-bond acceptors (Lipinski definition) is 4. The Balaban J connectivity index is 2.09. The lowest BCUT2D eigenvalue weighted by Gasteiger charge is -2.33.